The van der Waals surface area contributed by atoms with Crippen LogP contribution in [0.3, 0.4) is 0 Å². The Kier molecular flexibility index (Phi) is 5.06. The van der Waals surface area contributed by atoms with Crippen molar-refractivity contribution in [3.05, 3.63) is 70.9 Å². The first-order valence-electron chi connectivity index (χ1n) is 7.74. The molecule has 0 atom stereocenters. The number of carbonyl (C=O) groups is 1. The van der Waals surface area contributed by atoms with Gasteiger partial charge in [-0.05, 0) is 23.8 Å². The van der Waals surface area contributed by atoms with Gasteiger partial charge in [-0.3, -0.25) is 14.9 Å². The van der Waals surface area contributed by atoms with Crippen LogP contribution in [0, 0.1) is 11.6 Å². The number of nitrogens with zero attached hydrogens (tertiary/aromatic N) is 2. The fourth-order valence-corrected chi connectivity index (χ4v) is 2.60. The maximum Gasteiger partial charge on any atom is 0.257 e. The highest BCUT2D eigenvalue weighted by atomic mass is 19.1. The van der Waals surface area contributed by atoms with E-state index >= 15 is 0 Å². The van der Waals surface area contributed by atoms with E-state index in [4.69, 9.17) is 5.84 Å². The van der Waals surface area contributed by atoms with E-state index in [9.17, 15) is 18.7 Å². The van der Waals surface area contributed by atoms with Crippen LogP contribution in [-0.2, 0) is 17.9 Å². The predicted octanol–water partition coefficient (Wildman–Crippen LogP) is 1.86. The summed E-state index contributed by atoms with van der Waals surface area (Å²) in [6, 6.07) is 8.55. The van der Waals surface area contributed by atoms with Crippen molar-refractivity contribution >= 4 is 22.9 Å². The van der Waals surface area contributed by atoms with Crippen molar-refractivity contribution in [1.29, 1.82) is 0 Å². The van der Waals surface area contributed by atoms with Crippen molar-refractivity contribution in [3.8, 4) is 0 Å². The second-order valence-corrected chi connectivity index (χ2v) is 5.63. The summed E-state index contributed by atoms with van der Waals surface area (Å²) in [7, 11) is 0. The molecule has 0 bridgehead atoms. The summed E-state index contributed by atoms with van der Waals surface area (Å²) < 4.78 is 28.6. The molecule has 0 radical (unpaired) electrons. The smallest absolute Gasteiger partial charge is 0.257 e. The van der Waals surface area contributed by atoms with Gasteiger partial charge in [0.15, 0.2) is 0 Å². The molecule has 0 saturated heterocycles. The summed E-state index contributed by atoms with van der Waals surface area (Å²) in [5, 5.41) is 14.5. The summed E-state index contributed by atoms with van der Waals surface area (Å²) in [6.45, 7) is -0.0960. The lowest BCUT2D eigenvalue weighted by atomic mass is 10.1. The average molecular weight is 358 g/mol. The van der Waals surface area contributed by atoms with Crippen molar-refractivity contribution in [2.75, 3.05) is 0 Å². The number of fused-ring (bicyclic) bond motifs is 1. The lowest BCUT2D eigenvalue weighted by Gasteiger charge is -2.06. The number of nitrogens with two attached hydrogens (primary N) is 1. The van der Waals surface area contributed by atoms with Gasteiger partial charge < -0.3 is 5.11 Å². The zero-order valence-corrected chi connectivity index (χ0v) is 13.6. The number of nitrogens with one attached hydrogen (secondary N) is 1. The van der Waals surface area contributed by atoms with Gasteiger partial charge in [0, 0.05) is 23.1 Å². The predicted molar refractivity (Wildman–Crippen MR) is 92.5 cm³/mol. The quantitative estimate of drug-likeness (QED) is 0.281. The maximum atomic E-state index is 14.0. The highest BCUT2D eigenvalue weighted by molar-refractivity contribution is 5.95. The van der Waals surface area contributed by atoms with Crippen molar-refractivity contribution < 1.29 is 18.7 Å². The number of hydrazine groups is 1. The Morgan fingerprint density at radius 3 is 2.77 bits per heavy atom. The van der Waals surface area contributed by atoms with E-state index < -0.39 is 17.5 Å². The first-order valence-corrected chi connectivity index (χ1v) is 7.74. The average Bonchev–Trinajstić information content (AvgIpc) is 2.98. The lowest BCUT2D eigenvalue weighted by molar-refractivity contribution is -0.116. The van der Waals surface area contributed by atoms with Crippen LogP contribution in [0.2, 0.25) is 0 Å². The number of aliphatic hydroxyl groups is 1. The summed E-state index contributed by atoms with van der Waals surface area (Å²) in [4.78, 5) is 11.3. The van der Waals surface area contributed by atoms with Crippen LogP contribution in [-0.4, -0.2) is 20.8 Å². The third kappa shape index (κ3) is 3.61. The van der Waals surface area contributed by atoms with Gasteiger partial charge in [0.1, 0.15) is 11.6 Å². The number of halogens is 2. The molecule has 0 saturated carbocycles. The number of hydrogen-bond donors (Lipinski definition) is 3. The van der Waals surface area contributed by atoms with Crippen molar-refractivity contribution in [3.63, 3.8) is 0 Å². The minimum Gasteiger partial charge on any atom is -0.392 e. The van der Waals surface area contributed by atoms with Crippen LogP contribution in [0.25, 0.3) is 17.0 Å². The summed E-state index contributed by atoms with van der Waals surface area (Å²) in [6.07, 6.45) is 2.71. The van der Waals surface area contributed by atoms with Gasteiger partial charge in [0.25, 0.3) is 5.91 Å². The molecule has 0 aliphatic carbocycles. The highest BCUT2D eigenvalue weighted by Gasteiger charge is 2.12. The largest absolute Gasteiger partial charge is 0.392 e. The summed E-state index contributed by atoms with van der Waals surface area (Å²) in [5.74, 6) is 3.22. The molecule has 0 aliphatic heterocycles. The molecule has 2 aromatic carbocycles. The number of benzene rings is 2. The molecule has 3 rings (SSSR count). The van der Waals surface area contributed by atoms with E-state index in [0.717, 1.165) is 6.07 Å². The molecule has 134 valence electrons. The van der Waals surface area contributed by atoms with Crippen molar-refractivity contribution in [2.24, 2.45) is 5.84 Å². The van der Waals surface area contributed by atoms with E-state index in [1.807, 2.05) is 5.43 Å². The standard InChI is InChI=1S/C18H16F2N4O2/c19-13-3-2-12(15(20)8-13)9-24-17-7-11(10-25)1-4-14(17)16(23-24)5-6-18(26)22-21/h1-8,25H,9-10,21H2,(H,22,26)/b6-5+. The summed E-state index contributed by atoms with van der Waals surface area (Å²) >= 11 is 0. The number of aromatic nitrogens is 2. The second-order valence-electron chi connectivity index (χ2n) is 5.63. The number of hydrogen-bond acceptors (Lipinski definition) is 4. The van der Waals surface area contributed by atoms with Crippen LogP contribution in [0.15, 0.2) is 42.5 Å². The first kappa shape index (κ1) is 17.7. The van der Waals surface area contributed by atoms with E-state index in [0.29, 0.717) is 22.2 Å². The molecule has 0 aliphatic rings. The zero-order chi connectivity index (χ0) is 18.7. The van der Waals surface area contributed by atoms with Gasteiger partial charge in [0.2, 0.25) is 0 Å². The minimum atomic E-state index is -0.674. The molecular formula is C18H16F2N4O2. The Morgan fingerprint density at radius 1 is 1.27 bits per heavy atom. The zero-order valence-electron chi connectivity index (χ0n) is 13.6. The third-order valence-electron chi connectivity index (χ3n) is 3.90. The molecular weight excluding hydrogens is 342 g/mol. The molecule has 0 fully saturated rings. The van der Waals surface area contributed by atoms with Crippen molar-refractivity contribution in [1.82, 2.24) is 15.2 Å². The van der Waals surface area contributed by atoms with Crippen LogP contribution < -0.4 is 11.3 Å². The normalized spacial score (nSPS) is 11.4. The van der Waals surface area contributed by atoms with Gasteiger partial charge in [-0.1, -0.05) is 18.2 Å². The fourth-order valence-electron chi connectivity index (χ4n) is 2.60. The molecule has 26 heavy (non-hydrogen) atoms. The highest BCUT2D eigenvalue weighted by Crippen LogP contribution is 2.23. The van der Waals surface area contributed by atoms with Gasteiger partial charge in [0.05, 0.1) is 24.4 Å². The molecule has 1 heterocycles. The number of aliphatic hydroxyl groups excluding tert-OH is 1. The Morgan fingerprint density at radius 2 is 2.08 bits per heavy atom. The first-order chi connectivity index (χ1) is 12.5. The van der Waals surface area contributed by atoms with Crippen molar-refractivity contribution in [2.45, 2.75) is 13.2 Å². The summed E-state index contributed by atoms with van der Waals surface area (Å²) in [5.41, 5.74) is 4.04. The number of rotatable bonds is 5. The van der Waals surface area contributed by atoms with Gasteiger partial charge in [-0.15, -0.1) is 0 Å². The van der Waals surface area contributed by atoms with Gasteiger partial charge >= 0.3 is 0 Å². The minimum absolute atomic E-state index is 0.0639. The topological polar surface area (TPSA) is 93.2 Å². The Balaban J connectivity index is 2.08. The molecule has 0 spiro atoms. The SMILES string of the molecule is NNC(=O)/C=C/c1nn(Cc2ccc(F)cc2F)c2cc(CO)ccc12. The van der Waals surface area contributed by atoms with Crippen LogP contribution in [0.4, 0.5) is 8.78 Å². The molecule has 4 N–H and O–H groups in total. The second kappa shape index (κ2) is 7.42. The van der Waals surface area contributed by atoms with Crippen LogP contribution >= 0.6 is 0 Å². The van der Waals surface area contributed by atoms with E-state index in [1.165, 1.54) is 29.0 Å². The van der Waals surface area contributed by atoms with Gasteiger partial charge in [-0.25, -0.2) is 14.6 Å². The molecule has 3 aromatic rings. The van der Waals surface area contributed by atoms with E-state index in [-0.39, 0.29) is 18.7 Å². The lowest BCUT2D eigenvalue weighted by Crippen LogP contribution is -2.27. The fraction of sp³-hybridized carbons (Fsp3) is 0.111. The molecule has 6 nitrogen and oxygen atoms in total. The van der Waals surface area contributed by atoms with E-state index in [1.54, 1.807) is 18.2 Å². The number of carbonyl (C=O) groups excluding carboxylic acids is 1. The molecule has 1 aromatic heterocycles. The Labute approximate surface area is 147 Å². The molecule has 1 amide bonds. The third-order valence-corrected chi connectivity index (χ3v) is 3.90. The molecule has 8 heteroatoms. The Bertz CT molecular complexity index is 998. The van der Waals surface area contributed by atoms with Gasteiger partial charge in [-0.2, -0.15) is 5.10 Å². The maximum absolute atomic E-state index is 14.0. The molecule has 0 unspecified atom stereocenters. The monoisotopic (exact) mass is 358 g/mol. The van der Waals surface area contributed by atoms with Crippen LogP contribution in [0.1, 0.15) is 16.8 Å². The van der Waals surface area contributed by atoms with Crippen LogP contribution in [0.5, 0.6) is 0 Å². The van der Waals surface area contributed by atoms with E-state index in [2.05, 4.69) is 5.10 Å². The number of amides is 1. The Hall–Kier alpha value is -3.10.